The standard InChI is InChI=1S/C17H15F3N4O2/c1-2-10(25)5-3-4-6-11-13(21)15(16(22)26)24-12-7-9(17(18,19)20)8-23-14(11)12/h2-8,25H,21H2,1H3,(H2,22,26)/b5-3-,6-4+,10-2-. The summed E-state index contributed by atoms with van der Waals surface area (Å²) in [5.41, 5.74) is 9.75. The minimum atomic E-state index is -4.61. The van der Waals surface area contributed by atoms with E-state index in [1.807, 2.05) is 0 Å². The third-order valence-corrected chi connectivity index (χ3v) is 3.40. The lowest BCUT2D eigenvalue weighted by Gasteiger charge is -2.11. The number of fused-ring (bicyclic) bond motifs is 1. The zero-order chi connectivity index (χ0) is 19.5. The lowest BCUT2D eigenvalue weighted by molar-refractivity contribution is -0.137. The number of nitrogens with two attached hydrogens (primary N) is 2. The number of nitrogens with zero attached hydrogens (tertiary/aromatic N) is 2. The number of hydrogen-bond acceptors (Lipinski definition) is 5. The number of halogens is 3. The van der Waals surface area contributed by atoms with E-state index >= 15 is 0 Å². The van der Waals surface area contributed by atoms with Gasteiger partial charge in [0.05, 0.1) is 22.3 Å². The van der Waals surface area contributed by atoms with Gasteiger partial charge in [0.1, 0.15) is 5.76 Å². The van der Waals surface area contributed by atoms with Crippen molar-refractivity contribution in [1.29, 1.82) is 0 Å². The molecule has 9 heteroatoms. The molecule has 0 radical (unpaired) electrons. The number of aliphatic hydroxyl groups is 1. The molecule has 5 N–H and O–H groups in total. The van der Waals surface area contributed by atoms with Gasteiger partial charge in [-0.3, -0.25) is 9.78 Å². The molecule has 0 aliphatic carbocycles. The summed E-state index contributed by atoms with van der Waals surface area (Å²) < 4.78 is 38.6. The molecule has 2 aromatic heterocycles. The van der Waals surface area contributed by atoms with Crippen molar-refractivity contribution in [2.75, 3.05) is 5.73 Å². The molecule has 6 nitrogen and oxygen atoms in total. The van der Waals surface area contributed by atoms with Crippen LogP contribution >= 0.6 is 0 Å². The van der Waals surface area contributed by atoms with Crippen LogP contribution in [0.5, 0.6) is 0 Å². The van der Waals surface area contributed by atoms with Gasteiger partial charge < -0.3 is 16.6 Å². The van der Waals surface area contributed by atoms with E-state index in [9.17, 15) is 23.1 Å². The number of aromatic nitrogens is 2. The van der Waals surface area contributed by atoms with Crippen LogP contribution in [0.1, 0.15) is 28.5 Å². The molecule has 2 rings (SSSR count). The van der Waals surface area contributed by atoms with E-state index in [2.05, 4.69) is 9.97 Å². The fraction of sp³-hybridized carbons (Fsp3) is 0.118. The van der Waals surface area contributed by atoms with Crippen molar-refractivity contribution in [3.63, 3.8) is 0 Å². The average Bonchev–Trinajstić information content (AvgIpc) is 2.57. The van der Waals surface area contributed by atoms with Crippen LogP contribution in [0.15, 0.2) is 42.3 Å². The predicted octanol–water partition coefficient (Wildman–Crippen LogP) is 3.36. The molecule has 0 atom stereocenters. The van der Waals surface area contributed by atoms with Crippen LogP contribution in [-0.4, -0.2) is 21.0 Å². The number of allylic oxidation sites excluding steroid dienone is 4. The Hall–Kier alpha value is -3.36. The van der Waals surface area contributed by atoms with Crippen LogP contribution in [0.3, 0.4) is 0 Å². The van der Waals surface area contributed by atoms with E-state index in [-0.39, 0.29) is 33.7 Å². The number of aliphatic hydroxyl groups excluding tert-OH is 1. The molecule has 0 saturated heterocycles. The zero-order valence-electron chi connectivity index (χ0n) is 13.6. The number of amides is 1. The first-order chi connectivity index (χ1) is 12.1. The number of primary amides is 1. The summed E-state index contributed by atoms with van der Waals surface area (Å²) in [5, 5.41) is 9.33. The quantitative estimate of drug-likeness (QED) is 0.568. The predicted molar refractivity (Wildman–Crippen MR) is 92.0 cm³/mol. The molecule has 26 heavy (non-hydrogen) atoms. The number of nitrogen functional groups attached to an aromatic ring is 1. The maximum absolute atomic E-state index is 12.9. The molecule has 136 valence electrons. The second-order valence-electron chi connectivity index (χ2n) is 5.17. The highest BCUT2D eigenvalue weighted by Gasteiger charge is 2.31. The first kappa shape index (κ1) is 19.0. The highest BCUT2D eigenvalue weighted by molar-refractivity contribution is 6.03. The van der Waals surface area contributed by atoms with E-state index < -0.39 is 17.6 Å². The second kappa shape index (κ2) is 7.26. The van der Waals surface area contributed by atoms with E-state index in [0.717, 1.165) is 6.07 Å². The molecular weight excluding hydrogens is 349 g/mol. The number of anilines is 1. The van der Waals surface area contributed by atoms with Gasteiger partial charge in [-0.05, 0) is 25.1 Å². The third kappa shape index (κ3) is 4.00. The molecule has 0 unspecified atom stereocenters. The van der Waals surface area contributed by atoms with Crippen LogP contribution < -0.4 is 11.5 Å². The van der Waals surface area contributed by atoms with E-state index in [1.54, 1.807) is 6.92 Å². The van der Waals surface area contributed by atoms with Crippen molar-refractivity contribution in [3.8, 4) is 0 Å². The Labute approximate surface area is 146 Å². The van der Waals surface area contributed by atoms with Crippen LogP contribution in [0, 0.1) is 0 Å². The molecule has 0 fully saturated rings. The zero-order valence-corrected chi connectivity index (χ0v) is 13.6. The molecule has 1 amide bonds. The largest absolute Gasteiger partial charge is 0.508 e. The summed E-state index contributed by atoms with van der Waals surface area (Å²) in [6, 6.07) is 0.771. The van der Waals surface area contributed by atoms with Crippen LogP contribution in [0.25, 0.3) is 17.1 Å². The summed E-state index contributed by atoms with van der Waals surface area (Å²) in [6.07, 6.45) is 3.30. The Morgan fingerprint density at radius 3 is 2.58 bits per heavy atom. The van der Waals surface area contributed by atoms with Gasteiger partial charge in [0.2, 0.25) is 0 Å². The van der Waals surface area contributed by atoms with Crippen LogP contribution in [0.4, 0.5) is 18.9 Å². The molecule has 0 aromatic carbocycles. The molecule has 0 saturated carbocycles. The molecule has 2 aromatic rings. The van der Waals surface area contributed by atoms with Crippen molar-refractivity contribution in [3.05, 3.63) is 59.1 Å². The maximum Gasteiger partial charge on any atom is 0.417 e. The fourth-order valence-electron chi connectivity index (χ4n) is 2.10. The van der Waals surface area contributed by atoms with Gasteiger partial charge in [-0.2, -0.15) is 13.2 Å². The van der Waals surface area contributed by atoms with Gasteiger partial charge in [0.25, 0.3) is 5.91 Å². The lowest BCUT2D eigenvalue weighted by atomic mass is 10.1. The van der Waals surface area contributed by atoms with Gasteiger partial charge in [0, 0.05) is 11.8 Å². The maximum atomic E-state index is 12.9. The Morgan fingerprint density at radius 2 is 2.00 bits per heavy atom. The Kier molecular flexibility index (Phi) is 5.30. The van der Waals surface area contributed by atoms with Gasteiger partial charge >= 0.3 is 6.18 Å². The van der Waals surface area contributed by atoms with E-state index in [0.29, 0.717) is 6.20 Å². The Morgan fingerprint density at radius 1 is 1.31 bits per heavy atom. The van der Waals surface area contributed by atoms with Crippen molar-refractivity contribution < 1.29 is 23.1 Å². The van der Waals surface area contributed by atoms with Gasteiger partial charge in [-0.1, -0.05) is 18.2 Å². The number of carbonyl (C=O) groups excluding carboxylic acids is 1. The first-order valence-corrected chi connectivity index (χ1v) is 7.31. The summed E-state index contributed by atoms with van der Waals surface area (Å²) in [5.74, 6) is -0.952. The summed E-state index contributed by atoms with van der Waals surface area (Å²) >= 11 is 0. The molecule has 0 bridgehead atoms. The van der Waals surface area contributed by atoms with Gasteiger partial charge in [0.15, 0.2) is 5.69 Å². The lowest BCUT2D eigenvalue weighted by Crippen LogP contribution is -2.17. The highest BCUT2D eigenvalue weighted by Crippen LogP contribution is 2.32. The fourth-order valence-corrected chi connectivity index (χ4v) is 2.10. The normalized spacial score (nSPS) is 13.2. The molecule has 0 spiro atoms. The minimum absolute atomic E-state index is 0.0213. The summed E-state index contributed by atoms with van der Waals surface area (Å²) in [4.78, 5) is 19.1. The average molecular weight is 364 g/mol. The number of carbonyl (C=O) groups is 1. The van der Waals surface area contributed by atoms with E-state index in [1.165, 1.54) is 30.4 Å². The molecular formula is C17H15F3N4O2. The highest BCUT2D eigenvalue weighted by atomic mass is 19.4. The third-order valence-electron chi connectivity index (χ3n) is 3.40. The Balaban J connectivity index is 2.66. The SMILES string of the molecule is C/C=C(O)/C=C\C=C\c1c(N)c(C(N)=O)nc2cc(C(F)(F)F)cnc12. The monoisotopic (exact) mass is 364 g/mol. The topological polar surface area (TPSA) is 115 Å². The van der Waals surface area contributed by atoms with Gasteiger partial charge in [-0.15, -0.1) is 0 Å². The number of hydrogen-bond donors (Lipinski definition) is 3. The Bertz CT molecular complexity index is 947. The van der Waals surface area contributed by atoms with Crippen molar-refractivity contribution in [2.45, 2.75) is 13.1 Å². The van der Waals surface area contributed by atoms with Crippen molar-refractivity contribution in [2.24, 2.45) is 5.73 Å². The van der Waals surface area contributed by atoms with Gasteiger partial charge in [-0.25, -0.2) is 4.98 Å². The molecule has 0 aliphatic heterocycles. The molecule has 0 aliphatic rings. The smallest absolute Gasteiger partial charge is 0.417 e. The minimum Gasteiger partial charge on any atom is -0.508 e. The molecule has 2 heterocycles. The summed E-state index contributed by atoms with van der Waals surface area (Å²) in [7, 11) is 0. The number of alkyl halides is 3. The number of pyridine rings is 2. The van der Waals surface area contributed by atoms with Crippen molar-refractivity contribution in [1.82, 2.24) is 9.97 Å². The van der Waals surface area contributed by atoms with Crippen LogP contribution in [-0.2, 0) is 6.18 Å². The number of rotatable bonds is 4. The van der Waals surface area contributed by atoms with E-state index in [4.69, 9.17) is 11.5 Å². The summed E-state index contributed by atoms with van der Waals surface area (Å²) in [6.45, 7) is 1.64. The van der Waals surface area contributed by atoms with Crippen molar-refractivity contribution >= 4 is 28.7 Å². The second-order valence-corrected chi connectivity index (χ2v) is 5.17. The first-order valence-electron chi connectivity index (χ1n) is 7.31. The van der Waals surface area contributed by atoms with Crippen LogP contribution in [0.2, 0.25) is 0 Å².